The van der Waals surface area contributed by atoms with Gasteiger partial charge in [0.05, 0.1) is 6.54 Å². The SMILES string of the molecule is CN=C(NCCCOCC1CCOCC1)NCC(=O)NC(C)(C)C.I. The van der Waals surface area contributed by atoms with Crippen LogP contribution in [-0.4, -0.2) is 64.0 Å². The monoisotopic (exact) mass is 470 g/mol. The summed E-state index contributed by atoms with van der Waals surface area (Å²) in [7, 11) is 1.69. The molecule has 0 aromatic heterocycles. The molecule has 0 aromatic rings. The second-order valence-corrected chi connectivity index (χ2v) is 7.13. The van der Waals surface area contributed by atoms with Gasteiger partial charge in [-0.1, -0.05) is 0 Å². The number of carbonyl (C=O) groups is 1. The van der Waals surface area contributed by atoms with Crippen LogP contribution >= 0.6 is 24.0 Å². The molecule has 3 N–H and O–H groups in total. The van der Waals surface area contributed by atoms with E-state index < -0.39 is 0 Å². The lowest BCUT2D eigenvalue weighted by Gasteiger charge is -2.22. The topological polar surface area (TPSA) is 84.0 Å². The lowest BCUT2D eigenvalue weighted by atomic mass is 10.0. The third-order valence-corrected chi connectivity index (χ3v) is 3.61. The molecule has 0 aromatic carbocycles. The van der Waals surface area contributed by atoms with Gasteiger partial charge in [-0.2, -0.15) is 0 Å². The zero-order valence-corrected chi connectivity index (χ0v) is 18.4. The first-order chi connectivity index (χ1) is 11.4. The van der Waals surface area contributed by atoms with E-state index in [2.05, 4.69) is 20.9 Å². The normalized spacial score (nSPS) is 16.1. The van der Waals surface area contributed by atoms with Crippen molar-refractivity contribution in [2.24, 2.45) is 10.9 Å². The molecule has 0 unspecified atom stereocenters. The van der Waals surface area contributed by atoms with E-state index in [9.17, 15) is 4.79 Å². The van der Waals surface area contributed by atoms with Gasteiger partial charge in [0.15, 0.2) is 5.96 Å². The Kier molecular flexibility index (Phi) is 13.2. The van der Waals surface area contributed by atoms with Crippen LogP contribution in [0.1, 0.15) is 40.0 Å². The Morgan fingerprint density at radius 3 is 2.52 bits per heavy atom. The highest BCUT2D eigenvalue weighted by molar-refractivity contribution is 14.0. The van der Waals surface area contributed by atoms with E-state index in [4.69, 9.17) is 9.47 Å². The Balaban J connectivity index is 0.00000576. The molecule has 25 heavy (non-hydrogen) atoms. The van der Waals surface area contributed by atoms with Gasteiger partial charge in [0.1, 0.15) is 0 Å². The number of rotatable bonds is 8. The van der Waals surface area contributed by atoms with Crippen LogP contribution in [0.15, 0.2) is 4.99 Å². The molecule has 8 heteroatoms. The second kappa shape index (κ2) is 13.6. The van der Waals surface area contributed by atoms with Gasteiger partial charge in [-0.25, -0.2) is 0 Å². The Morgan fingerprint density at radius 2 is 1.92 bits per heavy atom. The molecule has 0 atom stereocenters. The number of ether oxygens (including phenoxy) is 2. The predicted molar refractivity (Wildman–Crippen MR) is 112 cm³/mol. The predicted octanol–water partition coefficient (Wildman–Crippen LogP) is 1.52. The maximum atomic E-state index is 11.8. The maximum Gasteiger partial charge on any atom is 0.239 e. The van der Waals surface area contributed by atoms with Gasteiger partial charge in [-0.15, -0.1) is 24.0 Å². The van der Waals surface area contributed by atoms with Crippen molar-refractivity contribution in [3.8, 4) is 0 Å². The minimum Gasteiger partial charge on any atom is -0.381 e. The number of hydrogen-bond acceptors (Lipinski definition) is 4. The molecule has 1 heterocycles. The fourth-order valence-electron chi connectivity index (χ4n) is 2.39. The first-order valence-electron chi connectivity index (χ1n) is 8.82. The third kappa shape index (κ3) is 13.3. The third-order valence-electron chi connectivity index (χ3n) is 3.61. The van der Waals surface area contributed by atoms with Crippen molar-refractivity contribution in [1.29, 1.82) is 0 Å². The molecule has 0 radical (unpaired) electrons. The van der Waals surface area contributed by atoms with Crippen LogP contribution in [0.4, 0.5) is 0 Å². The van der Waals surface area contributed by atoms with E-state index >= 15 is 0 Å². The van der Waals surface area contributed by atoms with E-state index in [1.54, 1.807) is 7.05 Å². The Morgan fingerprint density at radius 1 is 1.24 bits per heavy atom. The van der Waals surface area contributed by atoms with Crippen LogP contribution in [0, 0.1) is 5.92 Å². The first-order valence-corrected chi connectivity index (χ1v) is 8.82. The van der Waals surface area contributed by atoms with Crippen LogP contribution in [-0.2, 0) is 14.3 Å². The number of hydrogen-bond donors (Lipinski definition) is 3. The summed E-state index contributed by atoms with van der Waals surface area (Å²) in [5.41, 5.74) is -0.225. The minimum absolute atomic E-state index is 0. The van der Waals surface area contributed by atoms with Crippen molar-refractivity contribution >= 4 is 35.8 Å². The molecule has 1 amide bonds. The lowest BCUT2D eigenvalue weighted by molar-refractivity contribution is -0.121. The molecular formula is C17H35IN4O3. The second-order valence-electron chi connectivity index (χ2n) is 7.13. The van der Waals surface area contributed by atoms with E-state index in [-0.39, 0.29) is 42.0 Å². The first kappa shape index (κ1) is 24.4. The molecule has 1 saturated heterocycles. The van der Waals surface area contributed by atoms with Gasteiger partial charge >= 0.3 is 0 Å². The molecule has 0 saturated carbocycles. The van der Waals surface area contributed by atoms with Crippen molar-refractivity contribution in [2.75, 3.05) is 46.6 Å². The number of nitrogens with one attached hydrogen (secondary N) is 3. The Bertz CT molecular complexity index is 394. The van der Waals surface area contributed by atoms with Gasteiger partial charge in [0.25, 0.3) is 0 Å². The fraction of sp³-hybridized carbons (Fsp3) is 0.882. The van der Waals surface area contributed by atoms with Gasteiger partial charge < -0.3 is 25.4 Å². The minimum atomic E-state index is -0.225. The summed E-state index contributed by atoms with van der Waals surface area (Å²) in [6.45, 7) is 10.1. The standard InChI is InChI=1S/C17H34N4O3.HI/c1-17(2,3)21-15(22)12-20-16(18-4)19-8-5-9-24-13-14-6-10-23-11-7-14;/h14H,5-13H2,1-4H3,(H,21,22)(H2,18,19,20);1H. The summed E-state index contributed by atoms with van der Waals surface area (Å²) < 4.78 is 11.1. The molecule has 1 rings (SSSR count). The smallest absolute Gasteiger partial charge is 0.239 e. The van der Waals surface area contributed by atoms with Gasteiger partial charge in [-0.3, -0.25) is 9.79 Å². The van der Waals surface area contributed by atoms with Crippen molar-refractivity contribution in [3.05, 3.63) is 0 Å². The van der Waals surface area contributed by atoms with Gasteiger partial charge in [0.2, 0.25) is 5.91 Å². The molecule has 1 aliphatic rings. The summed E-state index contributed by atoms with van der Waals surface area (Å²) in [6.07, 6.45) is 3.11. The molecular weight excluding hydrogens is 435 g/mol. The average molecular weight is 470 g/mol. The number of aliphatic imine (C=N–C) groups is 1. The molecule has 7 nitrogen and oxygen atoms in total. The Labute approximate surface area is 169 Å². The number of carbonyl (C=O) groups excluding carboxylic acids is 1. The van der Waals surface area contributed by atoms with Crippen molar-refractivity contribution < 1.29 is 14.3 Å². The molecule has 0 aliphatic carbocycles. The van der Waals surface area contributed by atoms with Gasteiger partial charge in [-0.05, 0) is 46.0 Å². The Hall–Kier alpha value is -0.610. The summed E-state index contributed by atoms with van der Waals surface area (Å²) in [5.74, 6) is 1.22. The van der Waals surface area contributed by atoms with Crippen LogP contribution < -0.4 is 16.0 Å². The molecule has 1 aliphatic heterocycles. The van der Waals surface area contributed by atoms with Crippen molar-refractivity contribution in [2.45, 2.75) is 45.6 Å². The molecule has 0 bridgehead atoms. The number of amides is 1. The number of guanidine groups is 1. The summed E-state index contributed by atoms with van der Waals surface area (Å²) in [6, 6.07) is 0. The van der Waals surface area contributed by atoms with E-state index in [1.165, 1.54) is 0 Å². The fourth-order valence-corrected chi connectivity index (χ4v) is 2.39. The van der Waals surface area contributed by atoms with Gasteiger partial charge in [0, 0.05) is 45.6 Å². The summed E-state index contributed by atoms with van der Waals surface area (Å²) >= 11 is 0. The largest absolute Gasteiger partial charge is 0.381 e. The highest BCUT2D eigenvalue weighted by atomic mass is 127. The van der Waals surface area contributed by atoms with E-state index in [0.29, 0.717) is 11.9 Å². The summed E-state index contributed by atoms with van der Waals surface area (Å²) in [5, 5.41) is 9.09. The van der Waals surface area contributed by atoms with Crippen molar-refractivity contribution in [3.63, 3.8) is 0 Å². The summed E-state index contributed by atoms with van der Waals surface area (Å²) in [4.78, 5) is 15.9. The van der Waals surface area contributed by atoms with Crippen LogP contribution in [0.3, 0.4) is 0 Å². The van der Waals surface area contributed by atoms with E-state index in [1.807, 2.05) is 20.8 Å². The highest BCUT2D eigenvalue weighted by Crippen LogP contribution is 2.14. The van der Waals surface area contributed by atoms with Crippen LogP contribution in [0.25, 0.3) is 0 Å². The lowest BCUT2D eigenvalue weighted by Crippen LogP contribution is -2.48. The molecule has 148 valence electrons. The van der Waals surface area contributed by atoms with Crippen LogP contribution in [0.2, 0.25) is 0 Å². The average Bonchev–Trinajstić information content (AvgIpc) is 2.52. The molecule has 0 spiro atoms. The number of halogens is 1. The quantitative estimate of drug-likeness (QED) is 0.217. The van der Waals surface area contributed by atoms with E-state index in [0.717, 1.165) is 52.2 Å². The highest BCUT2D eigenvalue weighted by Gasteiger charge is 2.14. The van der Waals surface area contributed by atoms with Crippen LogP contribution in [0.5, 0.6) is 0 Å². The van der Waals surface area contributed by atoms with Crippen molar-refractivity contribution in [1.82, 2.24) is 16.0 Å². The molecule has 1 fully saturated rings. The zero-order chi connectivity index (χ0) is 17.8. The maximum absolute atomic E-state index is 11.8. The zero-order valence-electron chi connectivity index (χ0n) is 16.0. The number of nitrogens with zero attached hydrogens (tertiary/aromatic N) is 1.